The van der Waals surface area contributed by atoms with E-state index < -0.39 is 11.9 Å². The molecule has 0 amide bonds. The summed E-state index contributed by atoms with van der Waals surface area (Å²) in [6, 6.07) is 0. The van der Waals surface area contributed by atoms with Gasteiger partial charge < -0.3 is 14.9 Å². The van der Waals surface area contributed by atoms with E-state index in [1.54, 1.807) is 0 Å². The summed E-state index contributed by atoms with van der Waals surface area (Å²) in [6.45, 7) is 2.86. The van der Waals surface area contributed by atoms with E-state index in [9.17, 15) is 10.2 Å². The van der Waals surface area contributed by atoms with Gasteiger partial charge in [-0.1, -0.05) is 0 Å². The Kier molecular flexibility index (Phi) is 4.60. The van der Waals surface area contributed by atoms with Gasteiger partial charge in [-0.2, -0.15) is 0 Å². The maximum atomic E-state index is 10.7. The molecule has 1 radical (unpaired) electrons. The molecular weight excluding hydrogens is 148 g/mol. The highest BCUT2D eigenvalue weighted by Crippen LogP contribution is 2.11. The molecule has 0 aliphatic rings. The minimum Gasteiger partial charge on any atom is -0.396 e. The van der Waals surface area contributed by atoms with Crippen molar-refractivity contribution >= 4 is 0 Å². The number of rotatable bonds is 5. The van der Waals surface area contributed by atoms with Crippen molar-refractivity contribution in [2.45, 2.75) is 32.2 Å². The Hall–Kier alpha value is -0.160. The first-order chi connectivity index (χ1) is 5.00. The monoisotopic (exact) mass is 163 g/mol. The van der Waals surface area contributed by atoms with Crippen LogP contribution in [0.2, 0.25) is 0 Å². The molecule has 2 unspecified atom stereocenters. The second-order valence-corrected chi connectivity index (χ2v) is 2.62. The van der Waals surface area contributed by atoms with E-state index in [0.717, 1.165) is 0 Å². The van der Waals surface area contributed by atoms with E-state index in [1.807, 2.05) is 0 Å². The van der Waals surface area contributed by atoms with Crippen molar-refractivity contribution in [1.82, 2.24) is 0 Å². The van der Waals surface area contributed by atoms with Crippen molar-refractivity contribution < 1.29 is 20.1 Å². The lowest BCUT2D eigenvalue weighted by molar-refractivity contribution is -0.253. The quantitative estimate of drug-likeness (QED) is 0.439. The van der Waals surface area contributed by atoms with Gasteiger partial charge in [-0.3, -0.25) is 0 Å². The van der Waals surface area contributed by atoms with Gasteiger partial charge in [0.25, 0.3) is 0 Å². The lowest BCUT2D eigenvalue weighted by Crippen LogP contribution is -2.39. The van der Waals surface area contributed by atoms with E-state index in [-0.39, 0.29) is 13.2 Å². The molecule has 0 aromatic heterocycles. The Balaban J connectivity index is 3.55. The highest BCUT2D eigenvalue weighted by molar-refractivity contribution is 4.66. The highest BCUT2D eigenvalue weighted by atomic mass is 16.6. The van der Waals surface area contributed by atoms with E-state index in [2.05, 4.69) is 0 Å². The summed E-state index contributed by atoms with van der Waals surface area (Å²) in [5.41, 5.74) is 0. The Bertz CT molecular complexity index is 101. The molecule has 0 bridgehead atoms. The van der Waals surface area contributed by atoms with Gasteiger partial charge in [0, 0.05) is 6.61 Å². The van der Waals surface area contributed by atoms with E-state index in [4.69, 9.17) is 9.84 Å². The molecule has 0 fully saturated rings. The van der Waals surface area contributed by atoms with Crippen LogP contribution >= 0.6 is 0 Å². The summed E-state index contributed by atoms with van der Waals surface area (Å²) >= 11 is 0. The fraction of sp³-hybridized carbons (Fsp3) is 1.00. The molecular formula is C7H15O4. The van der Waals surface area contributed by atoms with Crippen LogP contribution in [0.25, 0.3) is 0 Å². The number of aliphatic hydroxyl groups excluding tert-OH is 1. The highest BCUT2D eigenvalue weighted by Gasteiger charge is 2.28. The van der Waals surface area contributed by atoms with Crippen LogP contribution in [0.4, 0.5) is 0 Å². The summed E-state index contributed by atoms with van der Waals surface area (Å²) in [6.07, 6.45) is -0.746. The van der Waals surface area contributed by atoms with Crippen molar-refractivity contribution in [3.63, 3.8) is 0 Å². The second kappa shape index (κ2) is 4.66. The first-order valence-corrected chi connectivity index (χ1v) is 3.63. The van der Waals surface area contributed by atoms with E-state index in [0.29, 0.717) is 6.42 Å². The van der Waals surface area contributed by atoms with Crippen LogP contribution in [0, 0.1) is 0 Å². The molecule has 0 spiro atoms. The van der Waals surface area contributed by atoms with Crippen LogP contribution in [-0.4, -0.2) is 35.3 Å². The molecule has 0 aromatic carbocycles. The zero-order valence-electron chi connectivity index (χ0n) is 6.91. The Morgan fingerprint density at radius 1 is 1.64 bits per heavy atom. The van der Waals surface area contributed by atoms with E-state index >= 15 is 0 Å². The summed E-state index contributed by atoms with van der Waals surface area (Å²) in [7, 11) is 0. The lowest BCUT2D eigenvalue weighted by Gasteiger charge is -2.24. The van der Waals surface area contributed by atoms with Crippen LogP contribution in [0.5, 0.6) is 0 Å². The van der Waals surface area contributed by atoms with Crippen LogP contribution in [0.3, 0.4) is 0 Å². The average molecular weight is 163 g/mol. The smallest absolute Gasteiger partial charge is 0.192 e. The Morgan fingerprint density at radius 2 is 2.18 bits per heavy atom. The number of hydrogen-bond donors (Lipinski definition) is 2. The van der Waals surface area contributed by atoms with Gasteiger partial charge in [0.15, 0.2) is 5.79 Å². The third kappa shape index (κ3) is 4.31. The molecule has 2 atom stereocenters. The fourth-order valence-corrected chi connectivity index (χ4v) is 0.461. The minimum absolute atomic E-state index is 0.00329. The van der Waals surface area contributed by atoms with Gasteiger partial charge in [-0.15, -0.1) is 0 Å². The normalized spacial score (nSPS) is 19.4. The maximum absolute atomic E-state index is 10.7. The largest absolute Gasteiger partial charge is 0.396 e. The van der Waals surface area contributed by atoms with Crippen molar-refractivity contribution in [3.05, 3.63) is 0 Å². The van der Waals surface area contributed by atoms with Gasteiger partial charge in [0.05, 0.1) is 6.61 Å². The second-order valence-electron chi connectivity index (χ2n) is 2.62. The first kappa shape index (κ1) is 10.8. The summed E-state index contributed by atoms with van der Waals surface area (Å²) in [4.78, 5) is 0. The Morgan fingerprint density at radius 3 is 2.55 bits per heavy atom. The molecule has 0 aliphatic carbocycles. The van der Waals surface area contributed by atoms with Gasteiger partial charge in [0.1, 0.15) is 6.10 Å². The predicted octanol–water partition coefficient (Wildman–Crippen LogP) is -0.0871. The summed E-state index contributed by atoms with van der Waals surface area (Å²) in [5.74, 6) is -1.62. The molecule has 67 valence electrons. The molecule has 0 saturated heterocycles. The maximum Gasteiger partial charge on any atom is 0.192 e. The average Bonchev–Trinajstić information content (AvgIpc) is 1.88. The predicted molar refractivity (Wildman–Crippen MR) is 38.4 cm³/mol. The number of hydrogen-bond acceptors (Lipinski definition) is 3. The minimum atomic E-state index is -1.62. The standard InChI is InChI=1S/C7H15O4/c1-6(9)7(2,10)11-5-3-4-8/h6,8,10H,3-5H2,1-2H3. The van der Waals surface area contributed by atoms with Crippen molar-refractivity contribution in [3.8, 4) is 0 Å². The van der Waals surface area contributed by atoms with Crippen LogP contribution in [-0.2, 0) is 9.84 Å². The summed E-state index contributed by atoms with van der Waals surface area (Å²) in [5, 5.41) is 28.3. The third-order valence-electron chi connectivity index (χ3n) is 1.45. The Labute approximate surface area is 66.4 Å². The fourth-order valence-electron chi connectivity index (χ4n) is 0.461. The van der Waals surface area contributed by atoms with Crippen molar-refractivity contribution in [2.24, 2.45) is 0 Å². The van der Waals surface area contributed by atoms with Crippen molar-refractivity contribution in [2.75, 3.05) is 13.2 Å². The molecule has 4 nitrogen and oxygen atoms in total. The number of ether oxygens (including phenoxy) is 1. The van der Waals surface area contributed by atoms with Crippen molar-refractivity contribution in [1.29, 1.82) is 0 Å². The summed E-state index contributed by atoms with van der Waals surface area (Å²) < 4.78 is 4.81. The lowest BCUT2D eigenvalue weighted by atomic mass is 10.2. The third-order valence-corrected chi connectivity index (χ3v) is 1.45. The molecule has 0 heterocycles. The molecule has 2 N–H and O–H groups in total. The van der Waals surface area contributed by atoms with Crippen LogP contribution in [0.1, 0.15) is 20.3 Å². The van der Waals surface area contributed by atoms with Crippen LogP contribution < -0.4 is 0 Å². The van der Waals surface area contributed by atoms with Gasteiger partial charge in [-0.25, -0.2) is 5.11 Å². The molecule has 4 heteroatoms. The molecule has 0 aromatic rings. The molecule has 0 aliphatic heterocycles. The SMILES string of the molecule is CC([O])C(C)(O)OCCCO. The van der Waals surface area contributed by atoms with Gasteiger partial charge >= 0.3 is 0 Å². The van der Waals surface area contributed by atoms with Crippen LogP contribution in [0.15, 0.2) is 0 Å². The van der Waals surface area contributed by atoms with Gasteiger partial charge in [-0.05, 0) is 20.3 Å². The number of aliphatic hydroxyl groups is 2. The zero-order chi connectivity index (χ0) is 8.91. The first-order valence-electron chi connectivity index (χ1n) is 3.63. The molecule has 0 rings (SSSR count). The van der Waals surface area contributed by atoms with Gasteiger partial charge in [0.2, 0.25) is 0 Å². The molecule has 11 heavy (non-hydrogen) atoms. The van der Waals surface area contributed by atoms with E-state index in [1.165, 1.54) is 13.8 Å². The topological polar surface area (TPSA) is 69.6 Å². The zero-order valence-corrected chi connectivity index (χ0v) is 6.91. The molecule has 0 saturated carbocycles.